The zero-order valence-corrected chi connectivity index (χ0v) is 17.5. The molecule has 0 aromatic carbocycles. The van der Waals surface area contributed by atoms with Crippen LogP contribution >= 0.6 is 0 Å². The van der Waals surface area contributed by atoms with Gasteiger partial charge in [-0.1, -0.05) is 20.3 Å². The van der Waals surface area contributed by atoms with Gasteiger partial charge in [-0.2, -0.15) is 0 Å². The second kappa shape index (κ2) is 7.02. The van der Waals surface area contributed by atoms with E-state index in [2.05, 4.69) is 19.2 Å². The van der Waals surface area contributed by atoms with E-state index in [9.17, 15) is 9.90 Å². The van der Waals surface area contributed by atoms with Crippen LogP contribution in [0.25, 0.3) is 0 Å². The fourth-order valence-corrected chi connectivity index (χ4v) is 8.66. The van der Waals surface area contributed by atoms with Gasteiger partial charge < -0.3 is 16.2 Å². The number of nitrogens with two attached hydrogens (primary N) is 1. The fraction of sp³-hybridized carbons (Fsp3) is 0.957. The van der Waals surface area contributed by atoms with E-state index in [4.69, 9.17) is 5.73 Å². The van der Waals surface area contributed by atoms with Crippen LogP contribution < -0.4 is 11.1 Å². The van der Waals surface area contributed by atoms with Gasteiger partial charge in [-0.3, -0.25) is 4.79 Å². The average Bonchev–Trinajstić information content (AvgIpc) is 2.99. The summed E-state index contributed by atoms with van der Waals surface area (Å²) in [5.74, 6) is 3.46. The highest BCUT2D eigenvalue weighted by molar-refractivity contribution is 5.78. The van der Waals surface area contributed by atoms with Crippen molar-refractivity contribution in [2.45, 2.75) is 90.7 Å². The lowest BCUT2D eigenvalue weighted by Gasteiger charge is -2.62. The van der Waals surface area contributed by atoms with E-state index in [1.165, 1.54) is 51.4 Å². The first-order chi connectivity index (χ1) is 12.8. The van der Waals surface area contributed by atoms with Crippen molar-refractivity contribution < 1.29 is 9.90 Å². The average molecular weight is 377 g/mol. The van der Waals surface area contributed by atoms with E-state index in [1.54, 1.807) is 0 Å². The molecule has 4 saturated carbocycles. The van der Waals surface area contributed by atoms with Crippen molar-refractivity contribution in [3.05, 3.63) is 0 Å². The van der Waals surface area contributed by atoms with Gasteiger partial charge in [-0.05, 0) is 98.7 Å². The molecular formula is C23H40N2O2. The first-order valence-corrected chi connectivity index (χ1v) is 11.5. The molecule has 154 valence electrons. The number of amides is 1. The summed E-state index contributed by atoms with van der Waals surface area (Å²) in [6.07, 6.45) is 11.1. The van der Waals surface area contributed by atoms with Gasteiger partial charge >= 0.3 is 0 Å². The van der Waals surface area contributed by atoms with Crippen LogP contribution in [0.4, 0.5) is 0 Å². The van der Waals surface area contributed by atoms with Crippen LogP contribution in [0.5, 0.6) is 0 Å². The standard InChI is InChI=1S/C23H40N2O2/c1-14(26)17-9-10-18-16-8-7-15-5-4-6-20(25-21(27)13-24)23(15,3)19(16)11-12-22(17,18)2/h14-20,26H,4-13,24H2,1-3H3,(H,25,27)/t14?,15-,16+,17-,18+,19+,20?,22-,23+/m1/s1. The third-order valence-corrected chi connectivity index (χ3v) is 9.94. The Hall–Kier alpha value is -0.610. The van der Waals surface area contributed by atoms with Crippen molar-refractivity contribution in [3.8, 4) is 0 Å². The van der Waals surface area contributed by atoms with Gasteiger partial charge in [0.25, 0.3) is 0 Å². The third-order valence-electron chi connectivity index (χ3n) is 9.94. The van der Waals surface area contributed by atoms with Gasteiger partial charge in [-0.15, -0.1) is 0 Å². The highest BCUT2D eigenvalue weighted by Gasteiger charge is 2.62. The Morgan fingerprint density at radius 3 is 2.59 bits per heavy atom. The largest absolute Gasteiger partial charge is 0.393 e. The molecule has 0 saturated heterocycles. The van der Waals surface area contributed by atoms with E-state index in [0.29, 0.717) is 23.3 Å². The highest BCUT2D eigenvalue weighted by Crippen LogP contribution is 2.67. The lowest BCUT2D eigenvalue weighted by Crippen LogP contribution is -2.62. The molecule has 0 aromatic rings. The minimum absolute atomic E-state index is 0.0136. The summed E-state index contributed by atoms with van der Waals surface area (Å²) in [5, 5.41) is 13.7. The number of hydrogen-bond donors (Lipinski definition) is 3. The number of rotatable bonds is 3. The van der Waals surface area contributed by atoms with Crippen molar-refractivity contribution in [1.82, 2.24) is 5.32 Å². The Bertz CT molecular complexity index is 579. The van der Waals surface area contributed by atoms with E-state index in [0.717, 1.165) is 24.2 Å². The number of fused-ring (bicyclic) bond motifs is 5. The Balaban J connectivity index is 1.62. The van der Waals surface area contributed by atoms with Crippen molar-refractivity contribution in [3.63, 3.8) is 0 Å². The molecule has 2 unspecified atom stereocenters. The van der Waals surface area contributed by atoms with Crippen molar-refractivity contribution in [1.29, 1.82) is 0 Å². The lowest BCUT2D eigenvalue weighted by molar-refractivity contribution is -0.140. The maximum Gasteiger partial charge on any atom is 0.233 e. The molecule has 0 bridgehead atoms. The normalized spacial score (nSPS) is 50.3. The summed E-state index contributed by atoms with van der Waals surface area (Å²) in [4.78, 5) is 12.1. The predicted molar refractivity (Wildman–Crippen MR) is 108 cm³/mol. The first kappa shape index (κ1) is 19.7. The van der Waals surface area contributed by atoms with Gasteiger partial charge in [0.1, 0.15) is 0 Å². The van der Waals surface area contributed by atoms with Gasteiger partial charge in [0.2, 0.25) is 5.91 Å². The summed E-state index contributed by atoms with van der Waals surface area (Å²) in [7, 11) is 0. The number of carbonyl (C=O) groups excluding carboxylic acids is 1. The second-order valence-electron chi connectivity index (χ2n) is 10.7. The van der Waals surface area contributed by atoms with Crippen LogP contribution in [0.3, 0.4) is 0 Å². The lowest BCUT2D eigenvalue weighted by atomic mass is 9.43. The van der Waals surface area contributed by atoms with Gasteiger partial charge in [0, 0.05) is 6.04 Å². The van der Waals surface area contributed by atoms with Crippen LogP contribution in [0, 0.1) is 40.4 Å². The van der Waals surface area contributed by atoms with Crippen molar-refractivity contribution in [2.24, 2.45) is 46.2 Å². The van der Waals surface area contributed by atoms with Gasteiger partial charge in [0.05, 0.1) is 12.6 Å². The zero-order chi connectivity index (χ0) is 19.4. The topological polar surface area (TPSA) is 75.3 Å². The number of aliphatic hydroxyl groups is 1. The third kappa shape index (κ3) is 2.88. The molecular weight excluding hydrogens is 336 g/mol. The quantitative estimate of drug-likeness (QED) is 0.706. The fourth-order valence-electron chi connectivity index (χ4n) is 8.66. The molecule has 4 aliphatic rings. The molecule has 4 nitrogen and oxygen atoms in total. The SMILES string of the molecule is CC(O)[C@H]1CC[C@H]2[C@@H]3CC[C@H]4CCCC(NC(=O)CN)[C@]4(C)[C@H]3CC[C@]12C. The molecule has 4 heteroatoms. The molecule has 4 fully saturated rings. The van der Waals surface area contributed by atoms with E-state index in [1.807, 2.05) is 6.92 Å². The Morgan fingerprint density at radius 1 is 1.11 bits per heavy atom. The van der Waals surface area contributed by atoms with Crippen LogP contribution in [-0.4, -0.2) is 29.7 Å². The van der Waals surface area contributed by atoms with E-state index < -0.39 is 0 Å². The van der Waals surface area contributed by atoms with E-state index >= 15 is 0 Å². The summed E-state index contributed by atoms with van der Waals surface area (Å²) in [5.41, 5.74) is 6.15. The van der Waals surface area contributed by atoms with Gasteiger partial charge in [-0.25, -0.2) is 0 Å². The van der Waals surface area contributed by atoms with Crippen LogP contribution in [0.15, 0.2) is 0 Å². The summed E-state index contributed by atoms with van der Waals surface area (Å²) >= 11 is 0. The zero-order valence-electron chi connectivity index (χ0n) is 17.5. The first-order valence-electron chi connectivity index (χ1n) is 11.5. The molecule has 0 radical (unpaired) electrons. The summed E-state index contributed by atoms with van der Waals surface area (Å²) < 4.78 is 0. The molecule has 4 rings (SSSR count). The number of carbonyl (C=O) groups is 1. The second-order valence-corrected chi connectivity index (χ2v) is 10.7. The van der Waals surface area contributed by atoms with Crippen molar-refractivity contribution in [2.75, 3.05) is 6.54 Å². The molecule has 0 aliphatic heterocycles. The Morgan fingerprint density at radius 2 is 1.89 bits per heavy atom. The monoisotopic (exact) mass is 376 g/mol. The van der Waals surface area contributed by atoms with Crippen LogP contribution in [0.2, 0.25) is 0 Å². The molecule has 4 aliphatic carbocycles. The molecule has 1 amide bonds. The van der Waals surface area contributed by atoms with Crippen molar-refractivity contribution >= 4 is 5.91 Å². The van der Waals surface area contributed by atoms with E-state index in [-0.39, 0.29) is 24.0 Å². The Labute approximate surface area is 165 Å². The minimum atomic E-state index is -0.185. The van der Waals surface area contributed by atoms with Crippen LogP contribution in [0.1, 0.15) is 78.6 Å². The maximum atomic E-state index is 12.1. The molecule has 0 aromatic heterocycles. The molecule has 4 N–H and O–H groups in total. The summed E-state index contributed by atoms with van der Waals surface area (Å²) in [6.45, 7) is 7.07. The molecule has 0 heterocycles. The van der Waals surface area contributed by atoms with Gasteiger partial charge in [0.15, 0.2) is 0 Å². The predicted octanol–water partition coefficient (Wildman–Crippen LogP) is 3.47. The number of nitrogens with one attached hydrogen (secondary N) is 1. The van der Waals surface area contributed by atoms with Crippen LogP contribution in [-0.2, 0) is 4.79 Å². The summed E-state index contributed by atoms with van der Waals surface area (Å²) in [6, 6.07) is 0.290. The molecule has 27 heavy (non-hydrogen) atoms. The highest BCUT2D eigenvalue weighted by atomic mass is 16.3. The Kier molecular flexibility index (Phi) is 5.12. The molecule has 9 atom stereocenters. The molecule has 0 spiro atoms. The number of aliphatic hydroxyl groups excluding tert-OH is 1. The smallest absolute Gasteiger partial charge is 0.233 e. The minimum Gasteiger partial charge on any atom is -0.393 e. The maximum absolute atomic E-state index is 12.1. The number of hydrogen-bond acceptors (Lipinski definition) is 3.